The molecular weight excluding hydrogens is 204 g/mol. The van der Waals surface area contributed by atoms with Gasteiger partial charge in [-0.25, -0.2) is 4.98 Å². The number of aliphatic hydroxyl groups excluding tert-OH is 1. The minimum Gasteiger partial charge on any atom is -0.388 e. The highest BCUT2D eigenvalue weighted by Crippen LogP contribution is 2.17. The number of aryl methyl sites for hydroxylation is 1. The second-order valence-corrected chi connectivity index (χ2v) is 3.76. The Morgan fingerprint density at radius 1 is 1.56 bits per heavy atom. The quantitative estimate of drug-likeness (QED) is 0.794. The van der Waals surface area contributed by atoms with Crippen LogP contribution in [0.5, 0.6) is 0 Å². The van der Waals surface area contributed by atoms with Gasteiger partial charge in [-0.15, -0.1) is 0 Å². The lowest BCUT2D eigenvalue weighted by molar-refractivity contribution is 0.178. The predicted molar refractivity (Wildman–Crippen MR) is 60.5 cm³/mol. The van der Waals surface area contributed by atoms with Gasteiger partial charge in [0.15, 0.2) is 0 Å². The Morgan fingerprint density at radius 3 is 3.00 bits per heavy atom. The van der Waals surface area contributed by atoms with Crippen LogP contribution in [-0.2, 0) is 13.5 Å². The fourth-order valence-corrected chi connectivity index (χ4v) is 1.57. The van der Waals surface area contributed by atoms with E-state index in [1.165, 1.54) is 0 Å². The van der Waals surface area contributed by atoms with E-state index in [1.54, 1.807) is 29.3 Å². The standard InChI is InChI=1S/C11H14N4O/c1-15-7-9(6-14-15)10(16)4-8-2-3-13-11(12)5-8/h2-3,5-7,10,16H,4H2,1H3,(H2,12,13). The highest BCUT2D eigenvalue weighted by atomic mass is 16.3. The number of nitrogens with two attached hydrogens (primary N) is 1. The first-order valence-corrected chi connectivity index (χ1v) is 5.02. The molecule has 0 aliphatic carbocycles. The molecule has 84 valence electrons. The van der Waals surface area contributed by atoms with E-state index in [4.69, 9.17) is 5.73 Å². The zero-order chi connectivity index (χ0) is 11.5. The third-order valence-corrected chi connectivity index (χ3v) is 2.38. The van der Waals surface area contributed by atoms with Crippen LogP contribution in [0.15, 0.2) is 30.7 Å². The molecule has 0 saturated carbocycles. The van der Waals surface area contributed by atoms with Gasteiger partial charge in [0.2, 0.25) is 0 Å². The maximum absolute atomic E-state index is 9.96. The average molecular weight is 218 g/mol. The van der Waals surface area contributed by atoms with E-state index in [-0.39, 0.29) is 0 Å². The number of rotatable bonds is 3. The van der Waals surface area contributed by atoms with Crippen molar-refractivity contribution in [2.45, 2.75) is 12.5 Å². The second-order valence-electron chi connectivity index (χ2n) is 3.76. The van der Waals surface area contributed by atoms with Gasteiger partial charge in [0, 0.05) is 31.4 Å². The summed E-state index contributed by atoms with van der Waals surface area (Å²) in [5, 5.41) is 14.0. The Hall–Kier alpha value is -1.88. The smallest absolute Gasteiger partial charge is 0.123 e. The molecule has 5 heteroatoms. The van der Waals surface area contributed by atoms with Crippen molar-refractivity contribution in [3.8, 4) is 0 Å². The first-order valence-electron chi connectivity index (χ1n) is 5.02. The SMILES string of the molecule is Cn1cc(C(O)Cc2ccnc(N)c2)cn1. The van der Waals surface area contributed by atoms with Crippen LogP contribution in [0.3, 0.4) is 0 Å². The Kier molecular flexibility index (Phi) is 2.87. The first kappa shape index (κ1) is 10.6. The minimum atomic E-state index is -0.560. The number of aromatic nitrogens is 3. The summed E-state index contributed by atoms with van der Waals surface area (Å²) < 4.78 is 1.67. The molecule has 0 radical (unpaired) electrons. The molecule has 3 N–H and O–H groups in total. The van der Waals surface area contributed by atoms with E-state index in [1.807, 2.05) is 13.1 Å². The Balaban J connectivity index is 2.10. The number of pyridine rings is 1. The van der Waals surface area contributed by atoms with Crippen molar-refractivity contribution >= 4 is 5.82 Å². The Morgan fingerprint density at radius 2 is 2.38 bits per heavy atom. The van der Waals surface area contributed by atoms with Crippen LogP contribution in [0.2, 0.25) is 0 Å². The third kappa shape index (κ3) is 2.38. The van der Waals surface area contributed by atoms with E-state index >= 15 is 0 Å². The third-order valence-electron chi connectivity index (χ3n) is 2.38. The van der Waals surface area contributed by atoms with Crippen LogP contribution >= 0.6 is 0 Å². The van der Waals surface area contributed by atoms with Gasteiger partial charge in [-0.05, 0) is 17.7 Å². The van der Waals surface area contributed by atoms with Crippen LogP contribution in [-0.4, -0.2) is 19.9 Å². The van der Waals surface area contributed by atoms with Gasteiger partial charge in [-0.1, -0.05) is 0 Å². The molecule has 16 heavy (non-hydrogen) atoms. The summed E-state index contributed by atoms with van der Waals surface area (Å²) >= 11 is 0. The van der Waals surface area contributed by atoms with Crippen LogP contribution < -0.4 is 5.73 Å². The monoisotopic (exact) mass is 218 g/mol. The first-order chi connectivity index (χ1) is 7.65. The summed E-state index contributed by atoms with van der Waals surface area (Å²) in [5.41, 5.74) is 7.33. The van der Waals surface area contributed by atoms with Gasteiger partial charge in [-0.3, -0.25) is 4.68 Å². The van der Waals surface area contributed by atoms with Gasteiger partial charge < -0.3 is 10.8 Å². The molecule has 1 unspecified atom stereocenters. The molecule has 2 aromatic heterocycles. The van der Waals surface area contributed by atoms with Gasteiger partial charge in [0.05, 0.1) is 12.3 Å². The molecule has 0 amide bonds. The van der Waals surface area contributed by atoms with Crippen LogP contribution in [0.4, 0.5) is 5.82 Å². The van der Waals surface area contributed by atoms with E-state index in [9.17, 15) is 5.11 Å². The molecule has 0 aliphatic rings. The average Bonchev–Trinajstić information content (AvgIpc) is 2.65. The van der Waals surface area contributed by atoms with Crippen molar-refractivity contribution in [3.63, 3.8) is 0 Å². The van der Waals surface area contributed by atoms with E-state index in [0.29, 0.717) is 12.2 Å². The molecule has 0 saturated heterocycles. The number of hydrogen-bond donors (Lipinski definition) is 2. The van der Waals surface area contributed by atoms with Gasteiger partial charge in [0.1, 0.15) is 5.82 Å². The molecule has 0 bridgehead atoms. The Bertz CT molecular complexity index is 480. The van der Waals surface area contributed by atoms with Crippen LogP contribution in [0, 0.1) is 0 Å². The minimum absolute atomic E-state index is 0.468. The normalized spacial score (nSPS) is 12.6. The number of anilines is 1. The molecule has 2 heterocycles. The fourth-order valence-electron chi connectivity index (χ4n) is 1.57. The Labute approximate surface area is 93.5 Å². The van der Waals surface area contributed by atoms with Gasteiger partial charge in [0.25, 0.3) is 0 Å². The number of nitrogens with zero attached hydrogens (tertiary/aromatic N) is 3. The lowest BCUT2D eigenvalue weighted by Crippen LogP contribution is -2.02. The van der Waals surface area contributed by atoms with Crippen molar-refractivity contribution in [2.24, 2.45) is 7.05 Å². The summed E-state index contributed by atoms with van der Waals surface area (Å²) in [6.45, 7) is 0. The molecule has 1 atom stereocenters. The van der Waals surface area contributed by atoms with Gasteiger partial charge >= 0.3 is 0 Å². The summed E-state index contributed by atoms with van der Waals surface area (Å²) in [6.07, 6.45) is 5.05. The fraction of sp³-hybridized carbons (Fsp3) is 0.273. The highest BCUT2D eigenvalue weighted by molar-refractivity contribution is 5.32. The topological polar surface area (TPSA) is 77.0 Å². The number of aliphatic hydroxyl groups is 1. The predicted octanol–water partition coefficient (Wildman–Crippen LogP) is 0.673. The van der Waals surface area contributed by atoms with Crippen molar-refractivity contribution in [3.05, 3.63) is 41.9 Å². The molecule has 5 nitrogen and oxygen atoms in total. The zero-order valence-electron chi connectivity index (χ0n) is 9.04. The van der Waals surface area contributed by atoms with Crippen molar-refractivity contribution in [1.82, 2.24) is 14.8 Å². The van der Waals surface area contributed by atoms with E-state index < -0.39 is 6.10 Å². The summed E-state index contributed by atoms with van der Waals surface area (Å²) in [6, 6.07) is 3.61. The number of nitrogen functional groups attached to an aromatic ring is 1. The second kappa shape index (κ2) is 4.32. The summed E-state index contributed by atoms with van der Waals surface area (Å²) in [5.74, 6) is 0.468. The summed E-state index contributed by atoms with van der Waals surface area (Å²) in [7, 11) is 1.82. The van der Waals surface area contributed by atoms with Crippen molar-refractivity contribution in [1.29, 1.82) is 0 Å². The largest absolute Gasteiger partial charge is 0.388 e. The van der Waals surface area contributed by atoms with E-state index in [0.717, 1.165) is 11.1 Å². The molecule has 0 spiro atoms. The van der Waals surface area contributed by atoms with Gasteiger partial charge in [-0.2, -0.15) is 5.10 Å². The van der Waals surface area contributed by atoms with Crippen molar-refractivity contribution in [2.75, 3.05) is 5.73 Å². The zero-order valence-corrected chi connectivity index (χ0v) is 9.04. The molecule has 0 aromatic carbocycles. The molecule has 0 aliphatic heterocycles. The maximum Gasteiger partial charge on any atom is 0.123 e. The highest BCUT2D eigenvalue weighted by Gasteiger charge is 2.10. The van der Waals surface area contributed by atoms with E-state index in [2.05, 4.69) is 10.1 Å². The lowest BCUT2D eigenvalue weighted by Gasteiger charge is -2.08. The lowest BCUT2D eigenvalue weighted by atomic mass is 10.1. The summed E-state index contributed by atoms with van der Waals surface area (Å²) in [4.78, 5) is 3.90. The molecule has 2 aromatic rings. The molecule has 2 rings (SSSR count). The maximum atomic E-state index is 9.96. The van der Waals surface area contributed by atoms with Crippen LogP contribution in [0.25, 0.3) is 0 Å². The molecule has 0 fully saturated rings. The number of hydrogen-bond acceptors (Lipinski definition) is 4. The molecular formula is C11H14N4O. The van der Waals surface area contributed by atoms with Crippen molar-refractivity contribution < 1.29 is 5.11 Å². The van der Waals surface area contributed by atoms with Crippen LogP contribution in [0.1, 0.15) is 17.2 Å².